The zero-order valence-corrected chi connectivity index (χ0v) is 9.74. The van der Waals surface area contributed by atoms with Gasteiger partial charge in [0, 0.05) is 8.95 Å². The van der Waals surface area contributed by atoms with Crippen LogP contribution in [0.4, 0.5) is 0 Å². The van der Waals surface area contributed by atoms with Gasteiger partial charge in [-0.25, -0.2) is 0 Å². The summed E-state index contributed by atoms with van der Waals surface area (Å²) in [4.78, 5) is 0. The number of rotatable bonds is 1. The molecule has 0 aliphatic carbocycles. The third kappa shape index (κ3) is 2.09. The molecule has 0 fully saturated rings. The van der Waals surface area contributed by atoms with Crippen LogP contribution in [0.15, 0.2) is 21.1 Å². The van der Waals surface area contributed by atoms with Crippen molar-refractivity contribution in [3.63, 3.8) is 0 Å². The second-order valence-corrected chi connectivity index (χ2v) is 4.23. The van der Waals surface area contributed by atoms with Crippen molar-refractivity contribution in [2.45, 2.75) is 13.3 Å². The first kappa shape index (κ1) is 9.76. The van der Waals surface area contributed by atoms with Crippen LogP contribution < -0.4 is 0 Å². The van der Waals surface area contributed by atoms with Crippen LogP contribution in [-0.2, 0) is 6.42 Å². The molecule has 1 aromatic rings. The van der Waals surface area contributed by atoms with Crippen molar-refractivity contribution in [3.8, 4) is 6.07 Å². The molecule has 12 heavy (non-hydrogen) atoms. The fourth-order valence-electron chi connectivity index (χ4n) is 0.891. The van der Waals surface area contributed by atoms with Gasteiger partial charge in [0.25, 0.3) is 0 Å². The highest BCUT2D eigenvalue weighted by Gasteiger charge is 2.02. The van der Waals surface area contributed by atoms with E-state index in [1.165, 1.54) is 0 Å². The van der Waals surface area contributed by atoms with Gasteiger partial charge in [-0.3, -0.25) is 0 Å². The molecular weight excluding hydrogens is 282 g/mol. The zero-order chi connectivity index (χ0) is 9.14. The van der Waals surface area contributed by atoms with E-state index in [1.54, 1.807) is 0 Å². The third-order valence-electron chi connectivity index (χ3n) is 1.62. The summed E-state index contributed by atoms with van der Waals surface area (Å²) >= 11 is 6.85. The van der Waals surface area contributed by atoms with Crippen molar-refractivity contribution in [1.29, 1.82) is 5.26 Å². The lowest BCUT2D eigenvalue weighted by atomic mass is 10.1. The average Bonchev–Trinajstić information content (AvgIpc) is 2.01. The van der Waals surface area contributed by atoms with Crippen LogP contribution >= 0.6 is 31.9 Å². The first-order chi connectivity index (χ1) is 5.65. The Hall–Kier alpha value is -0.330. The lowest BCUT2D eigenvalue weighted by molar-refractivity contribution is 1.23. The summed E-state index contributed by atoms with van der Waals surface area (Å²) in [5.41, 5.74) is 2.19. The van der Waals surface area contributed by atoms with Gasteiger partial charge in [-0.2, -0.15) is 5.26 Å². The SMILES string of the molecule is Cc1c(Br)cc(CC#N)cc1Br. The molecule has 0 aliphatic heterocycles. The topological polar surface area (TPSA) is 23.8 Å². The molecule has 0 saturated carbocycles. The van der Waals surface area contributed by atoms with Crippen LogP contribution in [0, 0.1) is 18.3 Å². The molecule has 0 unspecified atom stereocenters. The van der Waals surface area contributed by atoms with E-state index >= 15 is 0 Å². The monoisotopic (exact) mass is 287 g/mol. The molecule has 0 saturated heterocycles. The van der Waals surface area contributed by atoms with Gasteiger partial charge in [0.05, 0.1) is 12.5 Å². The molecule has 0 spiro atoms. The Balaban J connectivity index is 3.14. The predicted molar refractivity (Wildman–Crippen MR) is 55.9 cm³/mol. The van der Waals surface area contributed by atoms with E-state index in [9.17, 15) is 0 Å². The van der Waals surface area contributed by atoms with E-state index in [2.05, 4.69) is 37.9 Å². The van der Waals surface area contributed by atoms with Gasteiger partial charge in [0.15, 0.2) is 0 Å². The number of hydrogen-bond acceptors (Lipinski definition) is 1. The van der Waals surface area contributed by atoms with Crippen molar-refractivity contribution in [2.75, 3.05) is 0 Å². The van der Waals surface area contributed by atoms with Gasteiger partial charge in [0.2, 0.25) is 0 Å². The van der Waals surface area contributed by atoms with Gasteiger partial charge in [-0.1, -0.05) is 31.9 Å². The molecule has 0 aliphatic rings. The Bertz CT molecular complexity index is 316. The maximum Gasteiger partial charge on any atom is 0.0669 e. The minimum Gasteiger partial charge on any atom is -0.198 e. The molecule has 3 heteroatoms. The highest BCUT2D eigenvalue weighted by molar-refractivity contribution is 9.11. The number of halogens is 2. The molecule has 0 N–H and O–H groups in total. The first-order valence-electron chi connectivity index (χ1n) is 3.46. The quantitative estimate of drug-likeness (QED) is 0.775. The van der Waals surface area contributed by atoms with Crippen LogP contribution in [0.3, 0.4) is 0 Å². The zero-order valence-electron chi connectivity index (χ0n) is 6.56. The van der Waals surface area contributed by atoms with E-state index in [-0.39, 0.29) is 0 Å². The largest absolute Gasteiger partial charge is 0.198 e. The first-order valence-corrected chi connectivity index (χ1v) is 5.05. The Morgan fingerprint density at radius 3 is 2.25 bits per heavy atom. The minimum atomic E-state index is 0.456. The fourth-order valence-corrected chi connectivity index (χ4v) is 2.17. The number of hydrogen-bond donors (Lipinski definition) is 0. The van der Waals surface area contributed by atoms with Crippen molar-refractivity contribution in [1.82, 2.24) is 0 Å². The molecule has 62 valence electrons. The van der Waals surface area contributed by atoms with Crippen molar-refractivity contribution in [3.05, 3.63) is 32.2 Å². The van der Waals surface area contributed by atoms with Gasteiger partial charge < -0.3 is 0 Å². The molecule has 0 aromatic heterocycles. The number of benzene rings is 1. The van der Waals surface area contributed by atoms with E-state index in [1.807, 2.05) is 19.1 Å². The summed E-state index contributed by atoms with van der Waals surface area (Å²) in [6, 6.07) is 6.07. The van der Waals surface area contributed by atoms with Crippen molar-refractivity contribution in [2.24, 2.45) is 0 Å². The molecule has 1 rings (SSSR count). The van der Waals surface area contributed by atoms with Crippen LogP contribution in [0.5, 0.6) is 0 Å². The van der Waals surface area contributed by atoms with Gasteiger partial charge in [-0.05, 0) is 30.2 Å². The van der Waals surface area contributed by atoms with Crippen LogP contribution in [0.25, 0.3) is 0 Å². The summed E-state index contributed by atoms with van der Waals surface area (Å²) in [6.07, 6.45) is 0.456. The summed E-state index contributed by atoms with van der Waals surface area (Å²) in [7, 11) is 0. The lowest BCUT2D eigenvalue weighted by Crippen LogP contribution is -1.85. The Kier molecular flexibility index (Phi) is 3.30. The molecule has 0 atom stereocenters. The minimum absolute atomic E-state index is 0.456. The average molecular weight is 289 g/mol. The molecule has 0 bridgehead atoms. The Labute approximate surface area is 88.7 Å². The van der Waals surface area contributed by atoms with Gasteiger partial charge in [-0.15, -0.1) is 0 Å². The molecule has 1 aromatic carbocycles. The molecular formula is C9H7Br2N. The predicted octanol–water partition coefficient (Wildman–Crippen LogP) is 3.59. The Morgan fingerprint density at radius 1 is 1.33 bits per heavy atom. The number of nitriles is 1. The van der Waals surface area contributed by atoms with Crippen molar-refractivity contribution < 1.29 is 0 Å². The van der Waals surface area contributed by atoms with E-state index < -0.39 is 0 Å². The van der Waals surface area contributed by atoms with Gasteiger partial charge >= 0.3 is 0 Å². The lowest BCUT2D eigenvalue weighted by Gasteiger charge is -2.03. The highest BCUT2D eigenvalue weighted by Crippen LogP contribution is 2.26. The normalized spacial score (nSPS) is 9.50. The van der Waals surface area contributed by atoms with Crippen LogP contribution in [-0.4, -0.2) is 0 Å². The molecule has 0 heterocycles. The van der Waals surface area contributed by atoms with Gasteiger partial charge in [0.1, 0.15) is 0 Å². The standard InChI is InChI=1S/C9H7Br2N/c1-6-8(10)4-7(2-3-12)5-9(6)11/h4-5H,2H2,1H3. The maximum atomic E-state index is 8.49. The second-order valence-electron chi connectivity index (χ2n) is 2.52. The van der Waals surface area contributed by atoms with E-state index in [0.717, 1.165) is 20.1 Å². The van der Waals surface area contributed by atoms with E-state index in [0.29, 0.717) is 6.42 Å². The third-order valence-corrected chi connectivity index (χ3v) is 3.27. The summed E-state index contributed by atoms with van der Waals surface area (Å²) in [5.74, 6) is 0. The summed E-state index contributed by atoms with van der Waals surface area (Å²) in [6.45, 7) is 2.02. The molecule has 0 amide bonds. The summed E-state index contributed by atoms with van der Waals surface area (Å²) < 4.78 is 2.09. The van der Waals surface area contributed by atoms with E-state index in [4.69, 9.17) is 5.26 Å². The van der Waals surface area contributed by atoms with Crippen LogP contribution in [0.2, 0.25) is 0 Å². The Morgan fingerprint density at radius 2 is 1.83 bits per heavy atom. The highest BCUT2D eigenvalue weighted by atomic mass is 79.9. The van der Waals surface area contributed by atoms with Crippen LogP contribution in [0.1, 0.15) is 11.1 Å². The van der Waals surface area contributed by atoms with Crippen molar-refractivity contribution >= 4 is 31.9 Å². The smallest absolute Gasteiger partial charge is 0.0669 e. The molecule has 0 radical (unpaired) electrons. The fraction of sp³-hybridized carbons (Fsp3) is 0.222. The maximum absolute atomic E-state index is 8.49. The molecule has 1 nitrogen and oxygen atoms in total. The number of nitrogens with zero attached hydrogens (tertiary/aromatic N) is 1. The second kappa shape index (κ2) is 4.06. The summed E-state index contributed by atoms with van der Waals surface area (Å²) in [5, 5.41) is 8.49.